The predicted octanol–water partition coefficient (Wildman–Crippen LogP) is 8.56. The Morgan fingerprint density at radius 3 is 2.26 bits per heavy atom. The number of allylic oxidation sites excluding steroid dienone is 4. The first-order valence-electron chi connectivity index (χ1n) is 18.1. The smallest absolute Gasteiger partial charge is 0.265 e. The Labute approximate surface area is 317 Å². The Kier molecular flexibility index (Phi) is 10.3. The minimum atomic E-state index is -0.840. The highest BCUT2D eigenvalue weighted by Gasteiger charge is 2.45. The lowest BCUT2D eigenvalue weighted by Gasteiger charge is -2.53. The standard InChI is InChI=1S/C42H43F2N5O4S/c1-24(2)16-31-27(5)49(13-10-29-20-35(54-37(29)31)40(51)47-36-33(43)18-25(3)19-34(36)44)41(52)28-6-8-30(9-7-28)46-39(50)32-17-26(4)21-45-38(32)48-22-42(23-48)11-14-53-15-12-42/h6-9,16-21H,10-15,22-23H2,1-5H3,(H,46,50)(H,47,51). The molecule has 0 radical (unpaired) electrons. The van der Waals surface area contributed by atoms with E-state index in [2.05, 4.69) is 20.5 Å². The van der Waals surface area contributed by atoms with Crippen molar-refractivity contribution < 1.29 is 27.9 Å². The van der Waals surface area contributed by atoms with Crippen LogP contribution < -0.4 is 15.5 Å². The lowest BCUT2D eigenvalue weighted by molar-refractivity contribution is -0.000511. The third-order valence-corrected chi connectivity index (χ3v) is 11.5. The van der Waals surface area contributed by atoms with Crippen LogP contribution in [0.1, 0.15) is 85.6 Å². The number of hydrogen-bond donors (Lipinski definition) is 2. The van der Waals surface area contributed by atoms with Gasteiger partial charge in [0.2, 0.25) is 0 Å². The number of carbonyl (C=O) groups excluding carboxylic acids is 3. The van der Waals surface area contributed by atoms with E-state index in [1.807, 2.05) is 39.8 Å². The van der Waals surface area contributed by atoms with Gasteiger partial charge in [0, 0.05) is 71.9 Å². The Bertz CT molecular complexity index is 2190. The molecule has 0 unspecified atom stereocenters. The zero-order valence-corrected chi connectivity index (χ0v) is 31.9. The molecular formula is C42H43F2N5O4S. The van der Waals surface area contributed by atoms with E-state index in [1.54, 1.807) is 48.4 Å². The number of nitrogens with one attached hydrogen (secondary N) is 2. The van der Waals surface area contributed by atoms with Crippen molar-refractivity contribution in [2.75, 3.05) is 48.4 Å². The number of aromatic nitrogens is 1. The zero-order chi connectivity index (χ0) is 38.3. The van der Waals surface area contributed by atoms with Gasteiger partial charge in [0.05, 0.1) is 10.4 Å². The van der Waals surface area contributed by atoms with Crippen molar-refractivity contribution in [1.29, 1.82) is 0 Å². The number of fused-ring (bicyclic) bond motifs is 1. The fraction of sp³-hybridized carbons (Fsp3) is 0.333. The lowest BCUT2D eigenvalue weighted by atomic mass is 9.73. The van der Waals surface area contributed by atoms with E-state index in [0.29, 0.717) is 46.0 Å². The lowest BCUT2D eigenvalue weighted by Crippen LogP contribution is -2.59. The molecule has 9 nitrogen and oxygen atoms in total. The average Bonchev–Trinajstić information content (AvgIpc) is 3.50. The molecule has 4 aromatic rings. The maximum absolute atomic E-state index is 14.5. The number of amides is 3. The average molecular weight is 752 g/mol. The van der Waals surface area contributed by atoms with Crippen LogP contribution in [-0.4, -0.2) is 60.5 Å². The molecular weight excluding hydrogens is 709 g/mol. The SMILES string of the molecule is CC(C)=CC1=C(C)N(C(=O)c2ccc(NC(=O)c3cc(C)cnc3N3CC4(CCOCC4)C3)cc2)CCc2cc(C(=O)Nc3c(F)cc(C)cc3F)sc21. The zero-order valence-electron chi connectivity index (χ0n) is 31.1. The summed E-state index contributed by atoms with van der Waals surface area (Å²) in [5.41, 5.74) is 5.94. The molecule has 54 heavy (non-hydrogen) atoms. The number of aryl methyl sites for hydroxylation is 2. The molecule has 2 aromatic heterocycles. The van der Waals surface area contributed by atoms with Crippen molar-refractivity contribution in [3.63, 3.8) is 0 Å². The van der Waals surface area contributed by atoms with Gasteiger partial charge in [-0.3, -0.25) is 14.4 Å². The Morgan fingerprint density at radius 2 is 1.59 bits per heavy atom. The summed E-state index contributed by atoms with van der Waals surface area (Å²) in [6, 6.07) is 12.8. The summed E-state index contributed by atoms with van der Waals surface area (Å²) in [7, 11) is 0. The molecule has 0 aliphatic carbocycles. The molecule has 12 heteroatoms. The molecule has 3 amide bonds. The first-order chi connectivity index (χ1) is 25.8. The normalized spacial score (nSPS) is 16.4. The fourth-order valence-corrected chi connectivity index (χ4v) is 8.61. The Balaban J connectivity index is 1.07. The summed E-state index contributed by atoms with van der Waals surface area (Å²) in [6.45, 7) is 12.9. The minimum absolute atomic E-state index is 0.200. The monoisotopic (exact) mass is 751 g/mol. The highest BCUT2D eigenvalue weighted by atomic mass is 32.1. The summed E-state index contributed by atoms with van der Waals surface area (Å²) in [5, 5.41) is 5.40. The van der Waals surface area contributed by atoms with E-state index >= 15 is 0 Å². The topological polar surface area (TPSA) is 104 Å². The quantitative estimate of drug-likeness (QED) is 0.196. The first-order valence-corrected chi connectivity index (χ1v) is 18.9. The van der Waals surface area contributed by atoms with Crippen LogP contribution in [0, 0.1) is 30.9 Å². The molecule has 2 saturated heterocycles. The van der Waals surface area contributed by atoms with Crippen molar-refractivity contribution >= 4 is 51.8 Å². The number of rotatable bonds is 7. The number of nitrogens with zero attached hydrogens (tertiary/aromatic N) is 3. The number of benzene rings is 2. The van der Waals surface area contributed by atoms with Gasteiger partial charge in [-0.05, 0) is 119 Å². The molecule has 3 aliphatic rings. The van der Waals surface area contributed by atoms with Crippen molar-refractivity contribution in [3.8, 4) is 0 Å². The largest absolute Gasteiger partial charge is 0.381 e. The number of halogens is 2. The van der Waals surface area contributed by atoms with Crippen molar-refractivity contribution in [3.05, 3.63) is 121 Å². The minimum Gasteiger partial charge on any atom is -0.381 e. The third kappa shape index (κ3) is 7.45. The van der Waals surface area contributed by atoms with E-state index in [1.165, 1.54) is 23.5 Å². The van der Waals surface area contributed by atoms with Gasteiger partial charge in [-0.1, -0.05) is 11.6 Å². The van der Waals surface area contributed by atoms with Crippen LogP contribution in [0.2, 0.25) is 0 Å². The van der Waals surface area contributed by atoms with Crippen LogP contribution in [-0.2, 0) is 11.2 Å². The Morgan fingerprint density at radius 1 is 0.907 bits per heavy atom. The number of anilines is 3. The number of carbonyl (C=O) groups is 3. The van der Waals surface area contributed by atoms with Crippen LogP contribution in [0.15, 0.2) is 72.1 Å². The number of pyridine rings is 1. The molecule has 3 aliphatic heterocycles. The molecule has 0 saturated carbocycles. The summed E-state index contributed by atoms with van der Waals surface area (Å²) in [6.07, 6.45) is 6.26. The van der Waals surface area contributed by atoms with E-state index in [9.17, 15) is 23.2 Å². The van der Waals surface area contributed by atoms with Gasteiger partial charge in [-0.2, -0.15) is 0 Å². The highest BCUT2D eigenvalue weighted by Crippen LogP contribution is 2.43. The molecule has 2 aromatic carbocycles. The number of hydrogen-bond acceptors (Lipinski definition) is 7. The molecule has 280 valence electrons. The molecule has 2 fully saturated rings. The van der Waals surface area contributed by atoms with Crippen LogP contribution >= 0.6 is 11.3 Å². The maximum atomic E-state index is 14.5. The van der Waals surface area contributed by atoms with Crippen molar-refractivity contribution in [1.82, 2.24) is 9.88 Å². The van der Waals surface area contributed by atoms with Gasteiger partial charge in [0.25, 0.3) is 17.7 Å². The summed E-state index contributed by atoms with van der Waals surface area (Å²) < 4.78 is 34.6. The van der Waals surface area contributed by atoms with Crippen molar-refractivity contribution in [2.45, 2.75) is 53.9 Å². The molecule has 0 bridgehead atoms. The van der Waals surface area contributed by atoms with Gasteiger partial charge in [-0.15, -0.1) is 11.3 Å². The third-order valence-electron chi connectivity index (χ3n) is 10.3. The summed E-state index contributed by atoms with van der Waals surface area (Å²) in [5.74, 6) is -2.08. The van der Waals surface area contributed by atoms with Crippen LogP contribution in [0.5, 0.6) is 0 Å². The van der Waals surface area contributed by atoms with E-state index in [4.69, 9.17) is 4.74 Å². The summed E-state index contributed by atoms with van der Waals surface area (Å²) in [4.78, 5) is 50.6. The maximum Gasteiger partial charge on any atom is 0.265 e. The molecule has 0 atom stereocenters. The van der Waals surface area contributed by atoms with Gasteiger partial charge in [-0.25, -0.2) is 13.8 Å². The molecule has 7 rings (SSSR count). The van der Waals surface area contributed by atoms with E-state index in [-0.39, 0.29) is 17.2 Å². The van der Waals surface area contributed by atoms with Gasteiger partial charge < -0.3 is 25.2 Å². The fourth-order valence-electron chi connectivity index (χ4n) is 7.44. The highest BCUT2D eigenvalue weighted by molar-refractivity contribution is 7.15. The van der Waals surface area contributed by atoms with Gasteiger partial charge in [0.15, 0.2) is 0 Å². The molecule has 5 heterocycles. The van der Waals surface area contributed by atoms with Crippen LogP contribution in [0.3, 0.4) is 0 Å². The van der Waals surface area contributed by atoms with Crippen LogP contribution in [0.25, 0.3) is 5.57 Å². The molecule has 1 spiro atoms. The molecule has 2 N–H and O–H groups in total. The van der Waals surface area contributed by atoms with Gasteiger partial charge >= 0.3 is 0 Å². The second-order valence-corrected chi connectivity index (χ2v) is 15.9. The summed E-state index contributed by atoms with van der Waals surface area (Å²) >= 11 is 1.22. The predicted molar refractivity (Wildman–Crippen MR) is 208 cm³/mol. The van der Waals surface area contributed by atoms with E-state index in [0.717, 1.165) is 72.0 Å². The van der Waals surface area contributed by atoms with Gasteiger partial charge in [0.1, 0.15) is 23.1 Å². The van der Waals surface area contributed by atoms with E-state index < -0.39 is 23.2 Å². The van der Waals surface area contributed by atoms with Crippen LogP contribution in [0.4, 0.5) is 26.0 Å². The number of ether oxygens (including phenoxy) is 1. The number of thiophene rings is 1. The second kappa shape index (κ2) is 14.9. The first kappa shape index (κ1) is 37.1. The second-order valence-electron chi connectivity index (χ2n) is 14.8. The van der Waals surface area contributed by atoms with Crippen molar-refractivity contribution in [2.24, 2.45) is 5.41 Å². The Hall–Kier alpha value is -5.20.